The van der Waals surface area contributed by atoms with Crippen molar-refractivity contribution in [1.29, 1.82) is 0 Å². The number of hydrogen-bond acceptors (Lipinski definition) is 3. The monoisotopic (exact) mass is 331 g/mol. The number of aryl methyl sites for hydroxylation is 1. The van der Waals surface area contributed by atoms with Crippen LogP contribution in [0.5, 0.6) is 0 Å². The summed E-state index contributed by atoms with van der Waals surface area (Å²) >= 11 is 0. The van der Waals surface area contributed by atoms with Crippen molar-refractivity contribution in [2.24, 2.45) is 0 Å². The third kappa shape index (κ3) is 6.25. The molecular formula is C20H33N3O. The Morgan fingerprint density at radius 2 is 1.92 bits per heavy atom. The van der Waals surface area contributed by atoms with Crippen LogP contribution in [0, 0.1) is 0 Å². The van der Waals surface area contributed by atoms with Crippen LogP contribution < -0.4 is 0 Å². The molecule has 1 amide bonds. The van der Waals surface area contributed by atoms with E-state index in [4.69, 9.17) is 0 Å². The average molecular weight is 332 g/mol. The second kappa shape index (κ2) is 9.80. The van der Waals surface area contributed by atoms with Crippen molar-refractivity contribution >= 4 is 5.91 Å². The van der Waals surface area contributed by atoms with Crippen LogP contribution in [0.3, 0.4) is 0 Å². The van der Waals surface area contributed by atoms with Gasteiger partial charge in [0.2, 0.25) is 5.91 Å². The van der Waals surface area contributed by atoms with Crippen molar-refractivity contribution in [3.05, 3.63) is 35.9 Å². The molecule has 24 heavy (non-hydrogen) atoms. The van der Waals surface area contributed by atoms with E-state index in [0.29, 0.717) is 18.4 Å². The van der Waals surface area contributed by atoms with Crippen molar-refractivity contribution in [3.8, 4) is 0 Å². The number of carbonyl (C=O) groups is 1. The standard InChI is InChI=1S/C20H33N3O/c1-21(2)14-8-15-22(3)19-11-7-16-23(17-19)20(24)13-12-18-9-5-4-6-10-18/h4-6,9-10,19H,7-8,11-17H2,1-3H3/t19-/m1/s1. The molecule has 4 heteroatoms. The Bertz CT molecular complexity index is 489. The van der Waals surface area contributed by atoms with Crippen LogP contribution in [-0.2, 0) is 11.2 Å². The first-order valence-corrected chi connectivity index (χ1v) is 9.23. The van der Waals surface area contributed by atoms with Crippen LogP contribution in [0.4, 0.5) is 0 Å². The van der Waals surface area contributed by atoms with E-state index in [1.165, 1.54) is 18.4 Å². The topological polar surface area (TPSA) is 26.8 Å². The van der Waals surface area contributed by atoms with Crippen molar-refractivity contribution in [2.45, 2.75) is 38.1 Å². The van der Waals surface area contributed by atoms with Gasteiger partial charge < -0.3 is 14.7 Å². The zero-order valence-corrected chi connectivity index (χ0v) is 15.6. The molecular weight excluding hydrogens is 298 g/mol. The predicted octanol–water partition coefficient (Wildman–Crippen LogP) is 2.49. The Balaban J connectivity index is 1.76. The van der Waals surface area contributed by atoms with Crippen LogP contribution >= 0.6 is 0 Å². The van der Waals surface area contributed by atoms with Crippen LogP contribution in [-0.4, -0.2) is 74.0 Å². The van der Waals surface area contributed by atoms with Crippen molar-refractivity contribution in [1.82, 2.24) is 14.7 Å². The number of rotatable bonds is 8. The summed E-state index contributed by atoms with van der Waals surface area (Å²) in [4.78, 5) is 19.3. The Kier molecular flexibility index (Phi) is 7.73. The third-order valence-electron chi connectivity index (χ3n) is 4.96. The highest BCUT2D eigenvalue weighted by Gasteiger charge is 2.25. The van der Waals surface area contributed by atoms with Gasteiger partial charge in [-0.1, -0.05) is 30.3 Å². The lowest BCUT2D eigenvalue weighted by molar-refractivity contribution is -0.133. The number of amides is 1. The molecule has 1 atom stereocenters. The maximum atomic E-state index is 12.5. The molecule has 0 bridgehead atoms. The van der Waals surface area contributed by atoms with E-state index < -0.39 is 0 Å². The molecule has 0 unspecified atom stereocenters. The molecule has 0 spiro atoms. The molecule has 134 valence electrons. The second-order valence-corrected chi connectivity index (χ2v) is 7.26. The van der Waals surface area contributed by atoms with E-state index in [0.717, 1.165) is 39.0 Å². The molecule has 4 nitrogen and oxygen atoms in total. The Morgan fingerprint density at radius 3 is 2.62 bits per heavy atom. The van der Waals surface area contributed by atoms with Gasteiger partial charge >= 0.3 is 0 Å². The highest BCUT2D eigenvalue weighted by atomic mass is 16.2. The number of likely N-dealkylation sites (tertiary alicyclic amines) is 1. The first-order valence-electron chi connectivity index (χ1n) is 9.23. The fraction of sp³-hybridized carbons (Fsp3) is 0.650. The molecule has 1 aromatic carbocycles. The fourth-order valence-corrected chi connectivity index (χ4v) is 3.41. The summed E-state index contributed by atoms with van der Waals surface area (Å²) in [5.74, 6) is 0.310. The van der Waals surface area contributed by atoms with Crippen molar-refractivity contribution in [2.75, 3.05) is 47.3 Å². The van der Waals surface area contributed by atoms with Gasteiger partial charge in [0.1, 0.15) is 0 Å². The molecule has 0 saturated carbocycles. The smallest absolute Gasteiger partial charge is 0.222 e. The minimum absolute atomic E-state index is 0.310. The number of benzene rings is 1. The van der Waals surface area contributed by atoms with Gasteiger partial charge in [0.25, 0.3) is 0 Å². The summed E-state index contributed by atoms with van der Waals surface area (Å²) in [5, 5.41) is 0. The minimum Gasteiger partial charge on any atom is -0.341 e. The lowest BCUT2D eigenvalue weighted by Crippen LogP contribution is -2.49. The molecule has 1 aliphatic rings. The number of hydrogen-bond donors (Lipinski definition) is 0. The zero-order valence-electron chi connectivity index (χ0n) is 15.6. The van der Waals surface area contributed by atoms with Gasteiger partial charge in [-0.15, -0.1) is 0 Å². The predicted molar refractivity (Wildman–Crippen MR) is 100 cm³/mol. The molecule has 1 aliphatic heterocycles. The number of nitrogens with zero attached hydrogens (tertiary/aromatic N) is 3. The van der Waals surface area contributed by atoms with Gasteiger partial charge in [-0.2, -0.15) is 0 Å². The highest BCUT2D eigenvalue weighted by molar-refractivity contribution is 5.76. The minimum atomic E-state index is 0.310. The maximum absolute atomic E-state index is 12.5. The number of piperidine rings is 1. The maximum Gasteiger partial charge on any atom is 0.222 e. The van der Waals surface area contributed by atoms with Gasteiger partial charge in [0, 0.05) is 25.6 Å². The molecule has 0 radical (unpaired) electrons. The van der Waals surface area contributed by atoms with Crippen molar-refractivity contribution in [3.63, 3.8) is 0 Å². The van der Waals surface area contributed by atoms with E-state index >= 15 is 0 Å². The molecule has 0 aromatic heterocycles. The van der Waals surface area contributed by atoms with Gasteiger partial charge in [0.05, 0.1) is 0 Å². The summed E-state index contributed by atoms with van der Waals surface area (Å²) in [6, 6.07) is 10.8. The quantitative estimate of drug-likeness (QED) is 0.732. The van der Waals surface area contributed by atoms with E-state index in [-0.39, 0.29) is 0 Å². The third-order valence-corrected chi connectivity index (χ3v) is 4.96. The molecule has 1 heterocycles. The summed E-state index contributed by atoms with van der Waals surface area (Å²) in [6.07, 6.45) is 4.99. The second-order valence-electron chi connectivity index (χ2n) is 7.26. The Labute approximate surface area is 147 Å². The van der Waals surface area contributed by atoms with Crippen molar-refractivity contribution < 1.29 is 4.79 Å². The van der Waals surface area contributed by atoms with E-state index in [1.807, 2.05) is 18.2 Å². The molecule has 1 fully saturated rings. The first kappa shape index (κ1) is 18.9. The molecule has 0 N–H and O–H groups in total. The van der Waals surface area contributed by atoms with E-state index in [2.05, 4.69) is 48.0 Å². The van der Waals surface area contributed by atoms with Gasteiger partial charge in [-0.25, -0.2) is 0 Å². The molecule has 2 rings (SSSR count). The highest BCUT2D eigenvalue weighted by Crippen LogP contribution is 2.16. The number of likely N-dealkylation sites (N-methyl/N-ethyl adjacent to an activating group) is 1. The first-order chi connectivity index (χ1) is 11.6. The van der Waals surface area contributed by atoms with E-state index in [9.17, 15) is 4.79 Å². The Morgan fingerprint density at radius 1 is 1.17 bits per heavy atom. The molecule has 1 saturated heterocycles. The largest absolute Gasteiger partial charge is 0.341 e. The molecule has 0 aliphatic carbocycles. The van der Waals surface area contributed by atoms with Crippen LogP contribution in [0.1, 0.15) is 31.2 Å². The summed E-state index contributed by atoms with van der Waals surface area (Å²) in [5.41, 5.74) is 1.25. The van der Waals surface area contributed by atoms with Gasteiger partial charge in [-0.3, -0.25) is 4.79 Å². The summed E-state index contributed by atoms with van der Waals surface area (Å²) in [6.45, 7) is 4.05. The van der Waals surface area contributed by atoms with Crippen LogP contribution in [0.25, 0.3) is 0 Å². The summed E-state index contributed by atoms with van der Waals surface area (Å²) in [7, 11) is 6.44. The van der Waals surface area contributed by atoms with Gasteiger partial charge in [-0.05, 0) is 65.5 Å². The average Bonchev–Trinajstić information content (AvgIpc) is 2.60. The number of carbonyl (C=O) groups excluding carboxylic acids is 1. The van der Waals surface area contributed by atoms with Crippen LogP contribution in [0.15, 0.2) is 30.3 Å². The summed E-state index contributed by atoms with van der Waals surface area (Å²) < 4.78 is 0. The normalized spacial score (nSPS) is 18.4. The molecule has 1 aromatic rings. The lowest BCUT2D eigenvalue weighted by atomic mass is 10.0. The zero-order chi connectivity index (χ0) is 17.4. The lowest BCUT2D eigenvalue weighted by Gasteiger charge is -2.38. The van der Waals surface area contributed by atoms with Crippen LogP contribution in [0.2, 0.25) is 0 Å². The fourth-order valence-electron chi connectivity index (χ4n) is 3.41. The Hall–Kier alpha value is -1.39. The van der Waals surface area contributed by atoms with Gasteiger partial charge in [0.15, 0.2) is 0 Å². The van der Waals surface area contributed by atoms with E-state index in [1.54, 1.807) is 0 Å². The SMILES string of the molecule is CN(C)CCCN(C)[C@@H]1CCCN(C(=O)CCc2ccccc2)C1.